The minimum atomic E-state index is -0.476. The Labute approximate surface area is 159 Å². The number of hydrogen-bond donors (Lipinski definition) is 2. The van der Waals surface area contributed by atoms with Crippen LogP contribution in [0.3, 0.4) is 0 Å². The zero-order chi connectivity index (χ0) is 19.1. The highest BCUT2D eigenvalue weighted by Gasteiger charge is 2.32. The number of carbonyl (C=O) groups excluding carboxylic acids is 1. The minimum Gasteiger partial charge on any atom is -0.453 e. The highest BCUT2D eigenvalue weighted by molar-refractivity contribution is 5.76. The number of rotatable bonds is 7. The number of benzene rings is 1. The second-order valence-corrected chi connectivity index (χ2v) is 7.27. The molecular weight excluding hydrogens is 345 g/mol. The molecule has 1 fully saturated rings. The molecule has 1 aliphatic rings. The highest BCUT2D eigenvalue weighted by Crippen LogP contribution is 2.38. The van der Waals surface area contributed by atoms with Crippen molar-refractivity contribution in [2.75, 3.05) is 6.54 Å². The van der Waals surface area contributed by atoms with Crippen molar-refractivity contribution in [3.05, 3.63) is 54.1 Å². The van der Waals surface area contributed by atoms with Gasteiger partial charge in [0.15, 0.2) is 11.6 Å². The molecule has 0 radical (unpaired) electrons. The molecule has 0 spiro atoms. The van der Waals surface area contributed by atoms with Crippen molar-refractivity contribution in [3.8, 4) is 11.5 Å². The number of ether oxygens (including phenoxy) is 1. The molecule has 3 rings (SSSR count). The van der Waals surface area contributed by atoms with Crippen molar-refractivity contribution in [2.24, 2.45) is 11.1 Å². The maximum absolute atomic E-state index is 14.3. The summed E-state index contributed by atoms with van der Waals surface area (Å²) in [5, 5.41) is 2.89. The Bertz CT molecular complexity index is 761. The van der Waals surface area contributed by atoms with Crippen LogP contribution in [0.2, 0.25) is 0 Å². The largest absolute Gasteiger partial charge is 0.453 e. The lowest BCUT2D eigenvalue weighted by Crippen LogP contribution is -2.38. The molecule has 1 heterocycles. The molecule has 1 aliphatic carbocycles. The van der Waals surface area contributed by atoms with Crippen LogP contribution in [-0.2, 0) is 11.3 Å². The van der Waals surface area contributed by atoms with Crippen LogP contribution in [0.1, 0.15) is 44.1 Å². The highest BCUT2D eigenvalue weighted by atomic mass is 19.1. The van der Waals surface area contributed by atoms with Gasteiger partial charge in [-0.3, -0.25) is 9.78 Å². The van der Waals surface area contributed by atoms with Gasteiger partial charge in [-0.05, 0) is 54.6 Å². The molecule has 1 saturated carbocycles. The Morgan fingerprint density at radius 3 is 2.74 bits per heavy atom. The smallest absolute Gasteiger partial charge is 0.220 e. The molecule has 1 amide bonds. The first kappa shape index (κ1) is 19.3. The molecule has 0 saturated heterocycles. The topological polar surface area (TPSA) is 77.2 Å². The molecule has 1 aromatic carbocycles. The number of nitrogens with zero attached hydrogens (tertiary/aromatic N) is 1. The second kappa shape index (κ2) is 8.95. The molecule has 1 aromatic heterocycles. The Morgan fingerprint density at radius 2 is 2.07 bits per heavy atom. The maximum atomic E-state index is 14.3. The van der Waals surface area contributed by atoms with Gasteiger partial charge in [0.05, 0.1) is 6.20 Å². The Hall–Kier alpha value is -2.47. The summed E-state index contributed by atoms with van der Waals surface area (Å²) >= 11 is 0. The molecule has 144 valence electrons. The minimum absolute atomic E-state index is 0.0292. The van der Waals surface area contributed by atoms with Crippen molar-refractivity contribution in [3.63, 3.8) is 0 Å². The molecule has 6 heteroatoms. The van der Waals surface area contributed by atoms with Gasteiger partial charge in [-0.2, -0.15) is 0 Å². The van der Waals surface area contributed by atoms with Crippen molar-refractivity contribution in [2.45, 2.75) is 45.1 Å². The molecular formula is C21H26FN3O2. The van der Waals surface area contributed by atoms with Gasteiger partial charge in [-0.1, -0.05) is 25.3 Å². The lowest BCUT2D eigenvalue weighted by molar-refractivity contribution is -0.124. The molecule has 0 bridgehead atoms. The summed E-state index contributed by atoms with van der Waals surface area (Å²) in [7, 11) is 0. The molecule has 3 N–H and O–H groups in total. The summed E-state index contributed by atoms with van der Waals surface area (Å²) in [4.78, 5) is 16.3. The predicted octanol–water partition coefficient (Wildman–Crippen LogP) is 3.93. The molecule has 0 unspecified atom stereocenters. The fourth-order valence-corrected chi connectivity index (χ4v) is 3.63. The van der Waals surface area contributed by atoms with Gasteiger partial charge in [0.2, 0.25) is 5.91 Å². The fourth-order valence-electron chi connectivity index (χ4n) is 3.63. The van der Waals surface area contributed by atoms with Crippen LogP contribution >= 0.6 is 0 Å². The predicted molar refractivity (Wildman–Crippen MR) is 102 cm³/mol. The number of amides is 1. The van der Waals surface area contributed by atoms with Gasteiger partial charge in [-0.15, -0.1) is 0 Å². The molecule has 0 atom stereocenters. The van der Waals surface area contributed by atoms with E-state index >= 15 is 0 Å². The van der Waals surface area contributed by atoms with Gasteiger partial charge in [0, 0.05) is 19.2 Å². The molecule has 2 aromatic rings. The number of nitrogens with two attached hydrogens (primary N) is 1. The maximum Gasteiger partial charge on any atom is 0.220 e. The number of carbonyl (C=O) groups is 1. The zero-order valence-corrected chi connectivity index (χ0v) is 15.4. The van der Waals surface area contributed by atoms with E-state index in [1.807, 2.05) is 0 Å². The molecule has 0 aliphatic heterocycles. The van der Waals surface area contributed by atoms with E-state index in [2.05, 4.69) is 10.3 Å². The Balaban J connectivity index is 1.55. The molecule has 5 nitrogen and oxygen atoms in total. The fraction of sp³-hybridized carbons (Fsp3) is 0.429. The Morgan fingerprint density at radius 1 is 1.26 bits per heavy atom. The summed E-state index contributed by atoms with van der Waals surface area (Å²) in [5.74, 6) is 0.0918. The third kappa shape index (κ3) is 5.26. The summed E-state index contributed by atoms with van der Waals surface area (Å²) in [6.07, 6.45) is 9.08. The number of hydrogen-bond acceptors (Lipinski definition) is 4. The van der Waals surface area contributed by atoms with Crippen LogP contribution < -0.4 is 15.8 Å². The standard InChI is InChI=1S/C21H26FN3O2/c22-18-11-16(6-7-19(18)27-17-5-4-10-24-14-17)13-25-20(26)12-21(15-23)8-2-1-3-9-21/h4-7,10-11,14H,1-3,8-9,12-13,15,23H2,(H,25,26). The van der Waals surface area contributed by atoms with Crippen molar-refractivity contribution in [1.29, 1.82) is 0 Å². The monoisotopic (exact) mass is 371 g/mol. The summed E-state index contributed by atoms with van der Waals surface area (Å²) in [6, 6.07) is 8.11. The van der Waals surface area contributed by atoms with Crippen LogP contribution in [0.25, 0.3) is 0 Å². The first-order valence-electron chi connectivity index (χ1n) is 9.43. The van der Waals surface area contributed by atoms with E-state index in [0.29, 0.717) is 24.3 Å². The second-order valence-electron chi connectivity index (χ2n) is 7.27. The van der Waals surface area contributed by atoms with Gasteiger partial charge in [0.25, 0.3) is 0 Å². The average molecular weight is 371 g/mol. The van der Waals surface area contributed by atoms with E-state index in [-0.39, 0.29) is 23.6 Å². The van der Waals surface area contributed by atoms with Crippen LogP contribution in [0.15, 0.2) is 42.7 Å². The van der Waals surface area contributed by atoms with Crippen molar-refractivity contribution < 1.29 is 13.9 Å². The van der Waals surface area contributed by atoms with E-state index in [1.165, 1.54) is 18.7 Å². The van der Waals surface area contributed by atoms with Gasteiger partial charge >= 0.3 is 0 Å². The van der Waals surface area contributed by atoms with Crippen molar-refractivity contribution >= 4 is 5.91 Å². The quantitative estimate of drug-likeness (QED) is 0.773. The van der Waals surface area contributed by atoms with Gasteiger partial charge < -0.3 is 15.8 Å². The number of aromatic nitrogens is 1. The van der Waals surface area contributed by atoms with Gasteiger partial charge in [0.1, 0.15) is 5.75 Å². The van der Waals surface area contributed by atoms with Crippen LogP contribution in [0.5, 0.6) is 11.5 Å². The lowest BCUT2D eigenvalue weighted by atomic mass is 9.71. The van der Waals surface area contributed by atoms with E-state index in [1.54, 1.807) is 30.5 Å². The van der Waals surface area contributed by atoms with E-state index < -0.39 is 5.82 Å². The number of nitrogens with one attached hydrogen (secondary N) is 1. The Kier molecular flexibility index (Phi) is 6.40. The first-order chi connectivity index (χ1) is 13.1. The lowest BCUT2D eigenvalue weighted by Gasteiger charge is -2.35. The summed E-state index contributed by atoms with van der Waals surface area (Å²) in [5.41, 5.74) is 6.56. The van der Waals surface area contributed by atoms with Crippen LogP contribution in [0.4, 0.5) is 4.39 Å². The third-order valence-electron chi connectivity index (χ3n) is 5.23. The average Bonchev–Trinajstić information content (AvgIpc) is 2.70. The van der Waals surface area contributed by atoms with E-state index in [0.717, 1.165) is 25.7 Å². The van der Waals surface area contributed by atoms with Crippen LogP contribution in [0, 0.1) is 11.2 Å². The van der Waals surface area contributed by atoms with E-state index in [9.17, 15) is 9.18 Å². The normalized spacial score (nSPS) is 15.9. The van der Waals surface area contributed by atoms with Gasteiger partial charge in [-0.25, -0.2) is 4.39 Å². The summed E-state index contributed by atoms with van der Waals surface area (Å²) < 4.78 is 19.8. The zero-order valence-electron chi connectivity index (χ0n) is 15.4. The summed E-state index contributed by atoms with van der Waals surface area (Å²) in [6.45, 7) is 0.818. The number of halogens is 1. The van der Waals surface area contributed by atoms with Crippen LogP contribution in [-0.4, -0.2) is 17.4 Å². The van der Waals surface area contributed by atoms with Crippen molar-refractivity contribution in [1.82, 2.24) is 10.3 Å². The number of pyridine rings is 1. The van der Waals surface area contributed by atoms with E-state index in [4.69, 9.17) is 10.5 Å². The SMILES string of the molecule is NCC1(CC(=O)NCc2ccc(Oc3cccnc3)c(F)c2)CCCCC1. The third-order valence-corrected chi connectivity index (χ3v) is 5.23. The first-order valence-corrected chi connectivity index (χ1v) is 9.43. The molecule has 27 heavy (non-hydrogen) atoms.